The van der Waals surface area contributed by atoms with Gasteiger partial charge in [-0.3, -0.25) is 4.79 Å². The molecule has 6 heteroatoms. The molecule has 1 amide bonds. The minimum atomic E-state index is -0.132. The summed E-state index contributed by atoms with van der Waals surface area (Å²) in [4.78, 5) is 12.6. The van der Waals surface area contributed by atoms with Crippen molar-refractivity contribution in [3.8, 4) is 17.1 Å². The molecule has 2 heterocycles. The third kappa shape index (κ3) is 2.76. The molecule has 126 valence electrons. The smallest absolute Gasteiger partial charge is 0.255 e. The van der Waals surface area contributed by atoms with Crippen molar-refractivity contribution in [2.75, 3.05) is 11.9 Å². The Bertz CT molecular complexity index is 962. The van der Waals surface area contributed by atoms with E-state index in [1.807, 2.05) is 48.9 Å². The lowest BCUT2D eigenvalue weighted by molar-refractivity contribution is 0.102. The first-order chi connectivity index (χ1) is 12.1. The van der Waals surface area contributed by atoms with Crippen LogP contribution in [0.2, 0.25) is 0 Å². The number of benzene rings is 2. The number of hydrogen-bond donors (Lipinski definition) is 1. The summed E-state index contributed by atoms with van der Waals surface area (Å²) in [6, 6.07) is 11.3. The number of hydrogen-bond acceptors (Lipinski definition) is 4. The van der Waals surface area contributed by atoms with Crippen LogP contribution >= 0.6 is 0 Å². The molecule has 1 aliphatic heterocycles. The second-order valence-electron chi connectivity index (χ2n) is 6.12. The Morgan fingerprint density at radius 1 is 1.28 bits per heavy atom. The Labute approximate surface area is 145 Å². The molecule has 0 saturated heterocycles. The van der Waals surface area contributed by atoms with E-state index in [1.54, 1.807) is 12.4 Å². The maximum absolute atomic E-state index is 12.6. The van der Waals surface area contributed by atoms with Crippen LogP contribution in [0, 0.1) is 6.92 Å². The number of fused-ring (bicyclic) bond motifs is 1. The van der Waals surface area contributed by atoms with Gasteiger partial charge in [-0.05, 0) is 42.3 Å². The first-order valence-electron chi connectivity index (χ1n) is 8.14. The van der Waals surface area contributed by atoms with E-state index in [2.05, 4.69) is 15.5 Å². The third-order valence-corrected chi connectivity index (χ3v) is 4.49. The number of anilines is 1. The van der Waals surface area contributed by atoms with E-state index in [1.165, 1.54) is 0 Å². The highest BCUT2D eigenvalue weighted by Crippen LogP contribution is 2.29. The Morgan fingerprint density at radius 2 is 2.16 bits per heavy atom. The van der Waals surface area contributed by atoms with E-state index < -0.39 is 0 Å². The number of aromatic nitrogens is 3. The van der Waals surface area contributed by atoms with Gasteiger partial charge < -0.3 is 14.6 Å². The molecule has 0 saturated carbocycles. The molecular formula is C19H18N4O2. The molecule has 0 unspecified atom stereocenters. The molecule has 0 spiro atoms. The second-order valence-corrected chi connectivity index (χ2v) is 6.12. The van der Waals surface area contributed by atoms with Crippen molar-refractivity contribution in [1.82, 2.24) is 14.8 Å². The van der Waals surface area contributed by atoms with Gasteiger partial charge in [0.05, 0.1) is 6.61 Å². The van der Waals surface area contributed by atoms with Crippen LogP contribution in [0.5, 0.6) is 5.75 Å². The van der Waals surface area contributed by atoms with E-state index in [9.17, 15) is 4.79 Å². The van der Waals surface area contributed by atoms with Crippen molar-refractivity contribution < 1.29 is 9.53 Å². The Balaban J connectivity index is 1.63. The maximum atomic E-state index is 12.6. The maximum Gasteiger partial charge on any atom is 0.255 e. The highest BCUT2D eigenvalue weighted by Gasteiger charge is 2.17. The lowest BCUT2D eigenvalue weighted by Gasteiger charge is -2.12. The minimum Gasteiger partial charge on any atom is -0.493 e. The van der Waals surface area contributed by atoms with E-state index in [-0.39, 0.29) is 5.91 Å². The molecule has 0 radical (unpaired) electrons. The molecule has 25 heavy (non-hydrogen) atoms. The summed E-state index contributed by atoms with van der Waals surface area (Å²) in [5.74, 6) is 1.51. The normalized spacial score (nSPS) is 12.6. The first-order valence-corrected chi connectivity index (χ1v) is 8.14. The van der Waals surface area contributed by atoms with Crippen molar-refractivity contribution >= 4 is 11.6 Å². The van der Waals surface area contributed by atoms with Gasteiger partial charge in [0.25, 0.3) is 5.91 Å². The summed E-state index contributed by atoms with van der Waals surface area (Å²) in [6.45, 7) is 2.65. The van der Waals surface area contributed by atoms with Gasteiger partial charge in [0.1, 0.15) is 12.1 Å². The van der Waals surface area contributed by atoms with E-state index in [0.717, 1.165) is 40.4 Å². The van der Waals surface area contributed by atoms with Crippen LogP contribution in [0.1, 0.15) is 21.5 Å². The largest absolute Gasteiger partial charge is 0.493 e. The molecule has 0 fully saturated rings. The average molecular weight is 334 g/mol. The number of nitrogens with one attached hydrogen (secondary N) is 1. The van der Waals surface area contributed by atoms with Crippen molar-refractivity contribution in [3.63, 3.8) is 0 Å². The molecule has 4 rings (SSSR count). The minimum absolute atomic E-state index is 0.132. The van der Waals surface area contributed by atoms with Crippen LogP contribution in [-0.2, 0) is 13.5 Å². The first kappa shape index (κ1) is 15.4. The van der Waals surface area contributed by atoms with Crippen molar-refractivity contribution in [1.29, 1.82) is 0 Å². The molecule has 1 N–H and O–H groups in total. The summed E-state index contributed by atoms with van der Waals surface area (Å²) >= 11 is 0. The number of rotatable bonds is 3. The number of carbonyl (C=O) groups excluding carboxylic acids is 1. The summed E-state index contributed by atoms with van der Waals surface area (Å²) in [5, 5.41) is 11.1. The predicted octanol–water partition coefficient (Wildman–Crippen LogP) is 2.98. The highest BCUT2D eigenvalue weighted by molar-refractivity contribution is 6.05. The molecule has 2 aromatic carbocycles. The molecule has 3 aromatic rings. The van der Waals surface area contributed by atoms with E-state index >= 15 is 0 Å². The molecular weight excluding hydrogens is 316 g/mol. The van der Waals surface area contributed by atoms with Crippen LogP contribution < -0.4 is 10.1 Å². The average Bonchev–Trinajstić information content (AvgIpc) is 3.24. The number of aryl methyl sites for hydroxylation is 1. The molecule has 0 bridgehead atoms. The van der Waals surface area contributed by atoms with Gasteiger partial charge in [0.15, 0.2) is 5.82 Å². The van der Waals surface area contributed by atoms with Gasteiger partial charge in [-0.1, -0.05) is 12.1 Å². The number of ether oxygens (including phenoxy) is 1. The van der Waals surface area contributed by atoms with Gasteiger partial charge in [0.2, 0.25) is 0 Å². The Kier molecular flexibility index (Phi) is 3.72. The zero-order chi connectivity index (χ0) is 17.4. The SMILES string of the molecule is Cc1c(NC(=O)c2ccc3c(c2)CCO3)cccc1-c1nncn1C. The van der Waals surface area contributed by atoms with Gasteiger partial charge >= 0.3 is 0 Å². The van der Waals surface area contributed by atoms with Gasteiger partial charge in [-0.2, -0.15) is 0 Å². The topological polar surface area (TPSA) is 69.0 Å². The van der Waals surface area contributed by atoms with Crippen molar-refractivity contribution in [3.05, 3.63) is 59.4 Å². The fourth-order valence-electron chi connectivity index (χ4n) is 3.06. The number of amides is 1. The van der Waals surface area contributed by atoms with E-state index in [0.29, 0.717) is 12.2 Å². The predicted molar refractivity (Wildman–Crippen MR) is 94.8 cm³/mol. The fourth-order valence-corrected chi connectivity index (χ4v) is 3.06. The van der Waals surface area contributed by atoms with Crippen LogP contribution in [0.15, 0.2) is 42.7 Å². The van der Waals surface area contributed by atoms with Crippen LogP contribution in [0.3, 0.4) is 0 Å². The van der Waals surface area contributed by atoms with Crippen LogP contribution in [-0.4, -0.2) is 27.3 Å². The van der Waals surface area contributed by atoms with Gasteiger partial charge in [-0.25, -0.2) is 0 Å². The number of carbonyl (C=O) groups is 1. The van der Waals surface area contributed by atoms with Crippen LogP contribution in [0.25, 0.3) is 11.4 Å². The summed E-state index contributed by atoms with van der Waals surface area (Å²) < 4.78 is 7.35. The molecule has 1 aromatic heterocycles. The quantitative estimate of drug-likeness (QED) is 0.799. The van der Waals surface area contributed by atoms with Crippen molar-refractivity contribution in [2.24, 2.45) is 7.05 Å². The summed E-state index contributed by atoms with van der Waals surface area (Å²) in [7, 11) is 1.90. The summed E-state index contributed by atoms with van der Waals surface area (Å²) in [6.07, 6.45) is 2.50. The van der Waals surface area contributed by atoms with E-state index in [4.69, 9.17) is 4.74 Å². The highest BCUT2D eigenvalue weighted by atomic mass is 16.5. The molecule has 0 aliphatic carbocycles. The van der Waals surface area contributed by atoms with Crippen LogP contribution in [0.4, 0.5) is 5.69 Å². The molecule has 6 nitrogen and oxygen atoms in total. The van der Waals surface area contributed by atoms with Gasteiger partial charge in [0, 0.05) is 30.3 Å². The molecule has 1 aliphatic rings. The Morgan fingerprint density at radius 3 is 2.96 bits per heavy atom. The standard InChI is InChI=1S/C19H18N4O2/c1-12-15(18-22-20-11-23(18)2)4-3-5-16(12)21-19(24)14-6-7-17-13(10-14)8-9-25-17/h3-7,10-11H,8-9H2,1-2H3,(H,21,24). The third-order valence-electron chi connectivity index (χ3n) is 4.49. The monoisotopic (exact) mass is 334 g/mol. The number of nitrogens with zero attached hydrogens (tertiary/aromatic N) is 3. The fraction of sp³-hybridized carbons (Fsp3) is 0.211. The lowest BCUT2D eigenvalue weighted by Crippen LogP contribution is -2.13. The summed E-state index contributed by atoms with van der Waals surface area (Å²) in [5.41, 5.74) is 4.38. The Hall–Kier alpha value is -3.15. The van der Waals surface area contributed by atoms with Gasteiger partial charge in [-0.15, -0.1) is 10.2 Å². The zero-order valence-electron chi connectivity index (χ0n) is 14.1. The van der Waals surface area contributed by atoms with Crippen molar-refractivity contribution in [2.45, 2.75) is 13.3 Å². The second kappa shape index (κ2) is 6.05. The molecule has 0 atom stereocenters. The lowest BCUT2D eigenvalue weighted by atomic mass is 10.0. The zero-order valence-corrected chi connectivity index (χ0v) is 14.1.